The Balaban J connectivity index is 1.58. The van der Waals surface area contributed by atoms with Gasteiger partial charge in [-0.15, -0.1) is 0 Å². The molecule has 1 heterocycles. The van der Waals surface area contributed by atoms with Gasteiger partial charge >= 0.3 is 6.03 Å². The quantitative estimate of drug-likeness (QED) is 0.695. The predicted molar refractivity (Wildman–Crippen MR) is 99.3 cm³/mol. The number of pyridine rings is 1. The Kier molecular flexibility index (Phi) is 4.95. The van der Waals surface area contributed by atoms with E-state index in [1.54, 1.807) is 18.3 Å². The lowest BCUT2D eigenvalue weighted by atomic mass is 10.2. The molecule has 2 amide bonds. The van der Waals surface area contributed by atoms with Gasteiger partial charge < -0.3 is 15.4 Å². The topological polar surface area (TPSA) is 63.2 Å². The van der Waals surface area contributed by atoms with Crippen molar-refractivity contribution in [3.63, 3.8) is 0 Å². The zero-order valence-corrected chi connectivity index (χ0v) is 14.1. The standard InChI is InChI=1S/C20H19N3O2/c1-14-6-9-18(10-7-14)25-19-11-8-17(13-21-19)23-20(24)22-16-5-3-4-15(2)12-16/h3-13H,1-2H3,(H2,22,23,24). The fourth-order valence-corrected chi connectivity index (χ4v) is 2.26. The number of rotatable bonds is 4. The molecule has 1 aromatic heterocycles. The lowest BCUT2D eigenvalue weighted by Crippen LogP contribution is -2.19. The van der Waals surface area contributed by atoms with Crippen LogP contribution in [0.15, 0.2) is 66.9 Å². The summed E-state index contributed by atoms with van der Waals surface area (Å²) in [4.78, 5) is 16.2. The van der Waals surface area contributed by atoms with Crippen LogP contribution in [0.4, 0.5) is 16.2 Å². The first kappa shape index (κ1) is 16.5. The second-order valence-corrected chi connectivity index (χ2v) is 5.75. The summed E-state index contributed by atoms with van der Waals surface area (Å²) < 4.78 is 5.66. The molecule has 0 atom stereocenters. The van der Waals surface area contributed by atoms with E-state index in [4.69, 9.17) is 4.74 Å². The van der Waals surface area contributed by atoms with Crippen LogP contribution in [0.25, 0.3) is 0 Å². The third-order valence-electron chi connectivity index (χ3n) is 3.51. The van der Waals surface area contributed by atoms with E-state index in [-0.39, 0.29) is 6.03 Å². The number of aryl methyl sites for hydroxylation is 2. The van der Waals surface area contributed by atoms with Gasteiger partial charge in [0.25, 0.3) is 0 Å². The Hall–Kier alpha value is -3.34. The number of nitrogens with one attached hydrogen (secondary N) is 2. The summed E-state index contributed by atoms with van der Waals surface area (Å²) in [5, 5.41) is 5.52. The number of carbonyl (C=O) groups is 1. The first-order chi connectivity index (χ1) is 12.1. The number of ether oxygens (including phenoxy) is 1. The van der Waals surface area contributed by atoms with E-state index in [2.05, 4.69) is 15.6 Å². The molecule has 0 saturated carbocycles. The smallest absolute Gasteiger partial charge is 0.323 e. The van der Waals surface area contributed by atoms with E-state index in [0.717, 1.165) is 17.0 Å². The normalized spacial score (nSPS) is 10.2. The summed E-state index contributed by atoms with van der Waals surface area (Å²) in [6.45, 7) is 3.99. The van der Waals surface area contributed by atoms with Gasteiger partial charge in [0.2, 0.25) is 5.88 Å². The van der Waals surface area contributed by atoms with Gasteiger partial charge in [0.05, 0.1) is 11.9 Å². The Morgan fingerprint density at radius 3 is 2.32 bits per heavy atom. The summed E-state index contributed by atoms with van der Waals surface area (Å²) in [7, 11) is 0. The van der Waals surface area contributed by atoms with Crippen molar-refractivity contribution in [1.82, 2.24) is 4.98 Å². The monoisotopic (exact) mass is 333 g/mol. The van der Waals surface area contributed by atoms with Crippen molar-refractivity contribution in [1.29, 1.82) is 0 Å². The number of anilines is 2. The summed E-state index contributed by atoms with van der Waals surface area (Å²) in [5.74, 6) is 1.18. The van der Waals surface area contributed by atoms with Crippen LogP contribution < -0.4 is 15.4 Å². The molecule has 0 unspecified atom stereocenters. The van der Waals surface area contributed by atoms with Gasteiger partial charge in [-0.05, 0) is 49.7 Å². The Labute approximate surface area is 146 Å². The van der Waals surface area contributed by atoms with E-state index in [9.17, 15) is 4.79 Å². The molecule has 0 spiro atoms. The highest BCUT2D eigenvalue weighted by atomic mass is 16.5. The van der Waals surface area contributed by atoms with Gasteiger partial charge in [-0.3, -0.25) is 0 Å². The molecule has 3 rings (SSSR count). The summed E-state index contributed by atoms with van der Waals surface area (Å²) in [6, 6.07) is 18.5. The Bertz CT molecular complexity index is 859. The molecule has 25 heavy (non-hydrogen) atoms. The zero-order valence-electron chi connectivity index (χ0n) is 14.1. The largest absolute Gasteiger partial charge is 0.439 e. The third kappa shape index (κ3) is 4.81. The third-order valence-corrected chi connectivity index (χ3v) is 3.51. The fourth-order valence-electron chi connectivity index (χ4n) is 2.26. The molecule has 0 aliphatic carbocycles. The second-order valence-electron chi connectivity index (χ2n) is 5.75. The maximum absolute atomic E-state index is 12.0. The van der Waals surface area contributed by atoms with E-state index >= 15 is 0 Å². The van der Waals surface area contributed by atoms with Crippen LogP contribution in [0.2, 0.25) is 0 Å². The molecule has 2 aromatic carbocycles. The van der Waals surface area contributed by atoms with Gasteiger partial charge in [-0.25, -0.2) is 9.78 Å². The van der Waals surface area contributed by atoms with Crippen molar-refractivity contribution in [2.75, 3.05) is 10.6 Å². The van der Waals surface area contributed by atoms with Crippen LogP contribution in [0.5, 0.6) is 11.6 Å². The molecular formula is C20H19N3O2. The molecule has 0 saturated heterocycles. The first-order valence-electron chi connectivity index (χ1n) is 7.94. The van der Waals surface area contributed by atoms with E-state index < -0.39 is 0 Å². The van der Waals surface area contributed by atoms with Crippen LogP contribution >= 0.6 is 0 Å². The SMILES string of the molecule is Cc1ccc(Oc2ccc(NC(=O)Nc3cccc(C)c3)cn2)cc1. The molecule has 0 bridgehead atoms. The molecule has 0 aliphatic heterocycles. The van der Waals surface area contributed by atoms with Crippen LogP contribution in [0.1, 0.15) is 11.1 Å². The van der Waals surface area contributed by atoms with Crippen LogP contribution in [0, 0.1) is 13.8 Å². The summed E-state index contributed by atoms with van der Waals surface area (Å²) in [5.41, 5.74) is 3.57. The number of hydrogen-bond acceptors (Lipinski definition) is 3. The van der Waals surface area contributed by atoms with Crippen molar-refractivity contribution in [2.24, 2.45) is 0 Å². The second kappa shape index (κ2) is 7.49. The molecule has 0 aliphatic rings. The van der Waals surface area contributed by atoms with Crippen molar-refractivity contribution in [3.8, 4) is 11.6 Å². The van der Waals surface area contributed by atoms with Crippen molar-refractivity contribution in [2.45, 2.75) is 13.8 Å². The molecule has 5 nitrogen and oxygen atoms in total. The highest BCUT2D eigenvalue weighted by Gasteiger charge is 2.04. The van der Waals surface area contributed by atoms with Crippen LogP contribution in [-0.4, -0.2) is 11.0 Å². The van der Waals surface area contributed by atoms with Gasteiger partial charge in [-0.1, -0.05) is 29.8 Å². The molecule has 3 aromatic rings. The van der Waals surface area contributed by atoms with Crippen LogP contribution in [0.3, 0.4) is 0 Å². The Morgan fingerprint density at radius 2 is 1.64 bits per heavy atom. The summed E-state index contributed by atoms with van der Waals surface area (Å²) >= 11 is 0. The number of benzene rings is 2. The van der Waals surface area contributed by atoms with Gasteiger partial charge in [-0.2, -0.15) is 0 Å². The molecule has 0 radical (unpaired) electrons. The number of amides is 2. The molecular weight excluding hydrogens is 314 g/mol. The average molecular weight is 333 g/mol. The minimum absolute atomic E-state index is 0.320. The van der Waals surface area contributed by atoms with Crippen molar-refractivity contribution in [3.05, 3.63) is 78.0 Å². The lowest BCUT2D eigenvalue weighted by Gasteiger charge is -2.09. The minimum Gasteiger partial charge on any atom is -0.439 e. The number of aromatic nitrogens is 1. The van der Waals surface area contributed by atoms with E-state index in [0.29, 0.717) is 11.6 Å². The van der Waals surface area contributed by atoms with Gasteiger partial charge in [0, 0.05) is 11.8 Å². The van der Waals surface area contributed by atoms with Gasteiger partial charge in [0.1, 0.15) is 5.75 Å². The number of urea groups is 1. The highest BCUT2D eigenvalue weighted by Crippen LogP contribution is 2.21. The zero-order chi connectivity index (χ0) is 17.6. The molecule has 2 N–H and O–H groups in total. The Morgan fingerprint density at radius 1 is 0.880 bits per heavy atom. The van der Waals surface area contributed by atoms with E-state index in [1.807, 2.05) is 62.4 Å². The predicted octanol–water partition coefficient (Wildman–Crippen LogP) is 5.13. The molecule has 126 valence electrons. The highest BCUT2D eigenvalue weighted by molar-refractivity contribution is 5.99. The van der Waals surface area contributed by atoms with E-state index in [1.165, 1.54) is 5.56 Å². The molecule has 5 heteroatoms. The number of hydrogen-bond donors (Lipinski definition) is 2. The first-order valence-corrected chi connectivity index (χ1v) is 7.94. The maximum Gasteiger partial charge on any atom is 0.323 e. The van der Waals surface area contributed by atoms with Crippen LogP contribution in [-0.2, 0) is 0 Å². The number of carbonyl (C=O) groups excluding carboxylic acids is 1. The maximum atomic E-state index is 12.0. The van der Waals surface area contributed by atoms with Crippen molar-refractivity contribution < 1.29 is 9.53 Å². The number of nitrogens with zero attached hydrogens (tertiary/aromatic N) is 1. The van der Waals surface area contributed by atoms with Gasteiger partial charge in [0.15, 0.2) is 0 Å². The van der Waals surface area contributed by atoms with Crippen molar-refractivity contribution >= 4 is 17.4 Å². The minimum atomic E-state index is -0.320. The fraction of sp³-hybridized carbons (Fsp3) is 0.100. The molecule has 0 fully saturated rings. The average Bonchev–Trinajstić information content (AvgIpc) is 2.59. The summed E-state index contributed by atoms with van der Waals surface area (Å²) in [6.07, 6.45) is 1.55. The lowest BCUT2D eigenvalue weighted by molar-refractivity contribution is 0.262.